The van der Waals surface area contributed by atoms with Crippen molar-refractivity contribution in [3.05, 3.63) is 28.7 Å². The van der Waals surface area contributed by atoms with Crippen LogP contribution in [0.5, 0.6) is 11.5 Å². The van der Waals surface area contributed by atoms with Gasteiger partial charge in [-0.15, -0.1) is 0 Å². The van der Waals surface area contributed by atoms with E-state index in [2.05, 4.69) is 30.3 Å². The second-order valence-corrected chi connectivity index (χ2v) is 9.84. The summed E-state index contributed by atoms with van der Waals surface area (Å²) in [6.07, 6.45) is 0.588. The maximum atomic E-state index is 14.1. The van der Waals surface area contributed by atoms with E-state index in [1.807, 2.05) is 26.1 Å². The molecule has 0 N–H and O–H groups in total. The number of methoxy groups -OCH3 is 2. The van der Waals surface area contributed by atoms with Gasteiger partial charge >= 0.3 is 7.52 Å². The number of nitrogens with zero attached hydrogens (tertiary/aromatic N) is 2. The Balaban J connectivity index is 2.07. The third-order valence-corrected chi connectivity index (χ3v) is 8.72. The molecule has 0 aliphatic carbocycles. The molecule has 3 rings (SSSR count). The number of fused-ring (bicyclic) bond motifs is 1. The summed E-state index contributed by atoms with van der Waals surface area (Å²) >= 11 is 0. The van der Waals surface area contributed by atoms with E-state index in [4.69, 9.17) is 14.0 Å². The van der Waals surface area contributed by atoms with Gasteiger partial charge < -0.3 is 18.9 Å². The van der Waals surface area contributed by atoms with Crippen molar-refractivity contribution in [2.24, 2.45) is 5.92 Å². The molecule has 0 amide bonds. The SMILES string of the molecule is CCN1[C@@H](C(C)C)CO[P@]1(=O)C1=C(C)N(C)c2cc(OC)c(OC)cc2C1. The number of likely N-dealkylation sites (N-methyl/N-ethyl adjacent to an activating group) is 1. The van der Waals surface area contributed by atoms with E-state index in [9.17, 15) is 4.57 Å². The molecule has 1 fully saturated rings. The lowest BCUT2D eigenvalue weighted by atomic mass is 10.0. The smallest absolute Gasteiger partial charge is 0.300 e. The lowest BCUT2D eigenvalue weighted by molar-refractivity contribution is 0.259. The monoisotopic (exact) mass is 394 g/mol. The Labute approximate surface area is 162 Å². The Morgan fingerprint density at radius 3 is 2.44 bits per heavy atom. The Bertz CT molecular complexity index is 805. The number of anilines is 1. The van der Waals surface area contributed by atoms with Crippen molar-refractivity contribution in [2.75, 3.05) is 39.3 Å². The fraction of sp³-hybridized carbons (Fsp3) is 0.600. The number of rotatable bonds is 5. The highest BCUT2D eigenvalue weighted by Gasteiger charge is 2.48. The molecule has 2 aliphatic heterocycles. The van der Waals surface area contributed by atoms with Gasteiger partial charge in [-0.05, 0) is 24.5 Å². The van der Waals surface area contributed by atoms with Crippen LogP contribution in [0.2, 0.25) is 0 Å². The first-order chi connectivity index (χ1) is 12.8. The molecule has 150 valence electrons. The van der Waals surface area contributed by atoms with Crippen molar-refractivity contribution >= 4 is 13.2 Å². The molecule has 0 aromatic heterocycles. The normalized spacial score (nSPS) is 25.9. The van der Waals surface area contributed by atoms with Crippen LogP contribution in [-0.2, 0) is 15.5 Å². The summed E-state index contributed by atoms with van der Waals surface area (Å²) in [5, 5.41) is 0.884. The molecule has 2 atom stereocenters. The third-order valence-electron chi connectivity index (χ3n) is 5.80. The highest BCUT2D eigenvalue weighted by molar-refractivity contribution is 7.61. The van der Waals surface area contributed by atoms with Gasteiger partial charge in [-0.1, -0.05) is 20.8 Å². The number of hydrogen-bond acceptors (Lipinski definition) is 5. The van der Waals surface area contributed by atoms with E-state index in [-0.39, 0.29) is 6.04 Å². The van der Waals surface area contributed by atoms with Gasteiger partial charge in [0.1, 0.15) is 0 Å². The van der Waals surface area contributed by atoms with Crippen LogP contribution in [0.15, 0.2) is 23.1 Å². The van der Waals surface area contributed by atoms with Gasteiger partial charge in [-0.25, -0.2) is 4.67 Å². The number of hydrogen-bond donors (Lipinski definition) is 0. The Morgan fingerprint density at radius 2 is 1.89 bits per heavy atom. The zero-order chi connectivity index (χ0) is 19.9. The molecule has 2 aliphatic rings. The molecule has 6 nitrogen and oxygen atoms in total. The zero-order valence-corrected chi connectivity index (χ0v) is 18.3. The molecule has 0 saturated carbocycles. The van der Waals surface area contributed by atoms with Crippen molar-refractivity contribution < 1.29 is 18.6 Å². The van der Waals surface area contributed by atoms with Gasteiger partial charge in [0.2, 0.25) is 0 Å². The Kier molecular flexibility index (Phi) is 5.62. The summed E-state index contributed by atoms with van der Waals surface area (Å²) in [6, 6.07) is 4.14. The number of benzene rings is 1. The van der Waals surface area contributed by atoms with Crippen molar-refractivity contribution in [3.8, 4) is 11.5 Å². The first-order valence-corrected chi connectivity index (χ1v) is 11.1. The van der Waals surface area contributed by atoms with Crippen LogP contribution in [0.1, 0.15) is 33.3 Å². The van der Waals surface area contributed by atoms with E-state index >= 15 is 0 Å². The quantitative estimate of drug-likeness (QED) is 0.686. The van der Waals surface area contributed by atoms with Crippen LogP contribution in [0, 0.1) is 5.92 Å². The van der Waals surface area contributed by atoms with Gasteiger partial charge in [0, 0.05) is 43.5 Å². The minimum Gasteiger partial charge on any atom is -0.493 e. The zero-order valence-electron chi connectivity index (χ0n) is 17.4. The second-order valence-electron chi connectivity index (χ2n) is 7.49. The number of ether oxygens (including phenoxy) is 2. The standard InChI is InChI=1S/C20H31N2O4P/c1-8-22-17(13(2)3)12-26-27(22,23)20-10-15-9-18(24-6)19(25-7)11-16(15)21(5)14(20)4/h9,11,13,17H,8,10,12H2,1-7H3/t17-,27-/m1/s1. The van der Waals surface area contributed by atoms with Gasteiger partial charge in [0.15, 0.2) is 11.5 Å². The van der Waals surface area contributed by atoms with Gasteiger partial charge in [-0.3, -0.25) is 4.57 Å². The van der Waals surface area contributed by atoms with E-state index in [1.165, 1.54) is 0 Å². The van der Waals surface area contributed by atoms with E-state index in [0.29, 0.717) is 37.0 Å². The molecular formula is C20H31N2O4P. The van der Waals surface area contributed by atoms with Crippen LogP contribution in [-0.4, -0.2) is 45.1 Å². The van der Waals surface area contributed by atoms with E-state index in [0.717, 1.165) is 22.3 Å². The maximum Gasteiger partial charge on any atom is 0.300 e. The highest BCUT2D eigenvalue weighted by Crippen LogP contribution is 2.66. The van der Waals surface area contributed by atoms with Crippen LogP contribution in [0.3, 0.4) is 0 Å². The fourth-order valence-corrected chi connectivity index (χ4v) is 7.07. The molecule has 1 aromatic rings. The summed E-state index contributed by atoms with van der Waals surface area (Å²) in [5.41, 5.74) is 3.10. The summed E-state index contributed by atoms with van der Waals surface area (Å²) in [6.45, 7) is 9.62. The molecule has 1 aromatic carbocycles. The average Bonchev–Trinajstić information content (AvgIpc) is 3.01. The fourth-order valence-electron chi connectivity index (χ4n) is 4.07. The first kappa shape index (κ1) is 20.2. The largest absolute Gasteiger partial charge is 0.493 e. The van der Waals surface area contributed by atoms with Crippen molar-refractivity contribution in [1.29, 1.82) is 0 Å². The molecule has 2 heterocycles. The minimum absolute atomic E-state index is 0.179. The van der Waals surface area contributed by atoms with Crippen LogP contribution in [0.25, 0.3) is 0 Å². The van der Waals surface area contributed by atoms with Crippen molar-refractivity contribution in [1.82, 2.24) is 4.67 Å². The summed E-state index contributed by atoms with van der Waals surface area (Å²) in [4.78, 5) is 2.08. The van der Waals surface area contributed by atoms with Crippen LogP contribution >= 0.6 is 7.52 Å². The molecule has 0 unspecified atom stereocenters. The molecular weight excluding hydrogens is 363 g/mol. The molecule has 1 saturated heterocycles. The summed E-state index contributed by atoms with van der Waals surface area (Å²) < 4.78 is 33.1. The minimum atomic E-state index is -3.06. The van der Waals surface area contributed by atoms with Crippen LogP contribution in [0.4, 0.5) is 5.69 Å². The highest BCUT2D eigenvalue weighted by atomic mass is 31.2. The molecule has 7 heteroatoms. The number of allylic oxidation sites excluding steroid dienone is 2. The Hall–Kier alpha value is -1.49. The molecule has 27 heavy (non-hydrogen) atoms. The third kappa shape index (κ3) is 3.18. The molecule has 0 bridgehead atoms. The van der Waals surface area contributed by atoms with Crippen molar-refractivity contribution in [3.63, 3.8) is 0 Å². The van der Waals surface area contributed by atoms with Gasteiger partial charge in [-0.2, -0.15) is 0 Å². The van der Waals surface area contributed by atoms with E-state index < -0.39 is 7.52 Å². The summed E-state index contributed by atoms with van der Waals surface area (Å²) in [5.74, 6) is 1.76. The topological polar surface area (TPSA) is 51.2 Å². The van der Waals surface area contributed by atoms with Crippen LogP contribution < -0.4 is 14.4 Å². The van der Waals surface area contributed by atoms with Gasteiger partial charge in [0.05, 0.1) is 26.1 Å². The Morgan fingerprint density at radius 1 is 1.26 bits per heavy atom. The first-order valence-electron chi connectivity index (χ1n) is 9.49. The summed E-state index contributed by atoms with van der Waals surface area (Å²) in [7, 11) is 2.21. The molecule has 0 spiro atoms. The molecule has 0 radical (unpaired) electrons. The lowest BCUT2D eigenvalue weighted by Crippen LogP contribution is -2.34. The lowest BCUT2D eigenvalue weighted by Gasteiger charge is -2.36. The average molecular weight is 394 g/mol. The second kappa shape index (κ2) is 7.50. The van der Waals surface area contributed by atoms with E-state index in [1.54, 1.807) is 14.2 Å². The maximum absolute atomic E-state index is 14.1. The predicted molar refractivity (Wildman–Crippen MR) is 109 cm³/mol. The van der Waals surface area contributed by atoms with Crippen molar-refractivity contribution in [2.45, 2.75) is 40.2 Å². The predicted octanol–water partition coefficient (Wildman–Crippen LogP) is 4.50. The van der Waals surface area contributed by atoms with Gasteiger partial charge in [0.25, 0.3) is 0 Å².